The first kappa shape index (κ1) is 20.3. The Morgan fingerprint density at radius 3 is 2.41 bits per heavy atom. The van der Waals surface area contributed by atoms with Crippen molar-refractivity contribution in [2.75, 3.05) is 5.32 Å². The molecule has 0 bridgehead atoms. The SMILES string of the molecule is Cc1nc(-c2ccc(NC(=O)C(C)Sc3ccc([N+](=O)[O-])cc3)cc2)cc(=O)[nH]1. The Labute approximate surface area is 170 Å². The van der Waals surface area contributed by atoms with Crippen LogP contribution in [0.3, 0.4) is 0 Å². The van der Waals surface area contributed by atoms with Crippen LogP contribution in [0.2, 0.25) is 0 Å². The Morgan fingerprint density at radius 2 is 1.83 bits per heavy atom. The van der Waals surface area contributed by atoms with Gasteiger partial charge in [-0.25, -0.2) is 4.98 Å². The number of thioether (sulfide) groups is 1. The zero-order valence-electron chi connectivity index (χ0n) is 15.7. The van der Waals surface area contributed by atoms with Crippen LogP contribution in [0.5, 0.6) is 0 Å². The third kappa shape index (κ3) is 5.29. The molecule has 148 valence electrons. The fourth-order valence-electron chi connectivity index (χ4n) is 2.60. The molecule has 1 amide bonds. The van der Waals surface area contributed by atoms with Crippen molar-refractivity contribution in [2.24, 2.45) is 0 Å². The minimum atomic E-state index is -0.462. The molecule has 9 heteroatoms. The maximum absolute atomic E-state index is 12.4. The fourth-order valence-corrected chi connectivity index (χ4v) is 3.47. The number of carbonyl (C=O) groups excluding carboxylic acids is 1. The number of non-ortho nitro benzene ring substituents is 1. The van der Waals surface area contributed by atoms with Crippen LogP contribution in [0.15, 0.2) is 64.3 Å². The first-order valence-corrected chi connectivity index (χ1v) is 9.60. The number of nitro benzene ring substituents is 1. The number of anilines is 1. The van der Waals surface area contributed by atoms with Crippen LogP contribution < -0.4 is 10.9 Å². The number of hydrogen-bond donors (Lipinski definition) is 2. The van der Waals surface area contributed by atoms with Gasteiger partial charge >= 0.3 is 0 Å². The summed E-state index contributed by atoms with van der Waals surface area (Å²) in [7, 11) is 0. The van der Waals surface area contributed by atoms with E-state index >= 15 is 0 Å². The lowest BCUT2D eigenvalue weighted by Crippen LogP contribution is -2.22. The Bertz CT molecular complexity index is 1090. The largest absolute Gasteiger partial charge is 0.325 e. The van der Waals surface area contributed by atoms with E-state index in [1.54, 1.807) is 50.2 Å². The average Bonchev–Trinajstić information content (AvgIpc) is 2.68. The molecule has 0 aliphatic heterocycles. The maximum Gasteiger partial charge on any atom is 0.269 e. The summed E-state index contributed by atoms with van der Waals surface area (Å²) in [6.45, 7) is 3.47. The summed E-state index contributed by atoms with van der Waals surface area (Å²) in [6.07, 6.45) is 0. The van der Waals surface area contributed by atoms with Crippen molar-refractivity contribution in [1.29, 1.82) is 0 Å². The van der Waals surface area contributed by atoms with Crippen LogP contribution in [0.4, 0.5) is 11.4 Å². The highest BCUT2D eigenvalue weighted by atomic mass is 32.2. The predicted molar refractivity (Wildman–Crippen MR) is 112 cm³/mol. The maximum atomic E-state index is 12.4. The number of nitrogens with one attached hydrogen (secondary N) is 2. The summed E-state index contributed by atoms with van der Waals surface area (Å²) >= 11 is 1.31. The van der Waals surface area contributed by atoms with E-state index in [4.69, 9.17) is 0 Å². The molecule has 0 aliphatic rings. The number of carbonyl (C=O) groups is 1. The van der Waals surface area contributed by atoms with Gasteiger partial charge in [0, 0.05) is 34.3 Å². The summed E-state index contributed by atoms with van der Waals surface area (Å²) in [4.78, 5) is 41.9. The Balaban J connectivity index is 1.63. The van der Waals surface area contributed by atoms with Crippen molar-refractivity contribution >= 4 is 29.0 Å². The molecule has 2 aromatic carbocycles. The lowest BCUT2D eigenvalue weighted by Gasteiger charge is -2.12. The molecule has 0 radical (unpaired) electrons. The molecule has 0 spiro atoms. The molecular weight excluding hydrogens is 392 g/mol. The number of aryl methyl sites for hydroxylation is 1. The smallest absolute Gasteiger partial charge is 0.269 e. The molecular formula is C20H18N4O4S. The second-order valence-corrected chi connectivity index (χ2v) is 7.71. The van der Waals surface area contributed by atoms with Crippen molar-refractivity contribution < 1.29 is 9.72 Å². The van der Waals surface area contributed by atoms with Crippen LogP contribution in [0.1, 0.15) is 12.7 Å². The first-order chi connectivity index (χ1) is 13.8. The number of nitro groups is 1. The molecule has 3 rings (SSSR count). The van der Waals surface area contributed by atoms with E-state index in [0.717, 1.165) is 10.5 Å². The third-order valence-corrected chi connectivity index (χ3v) is 5.15. The van der Waals surface area contributed by atoms with Gasteiger partial charge in [0.2, 0.25) is 5.91 Å². The summed E-state index contributed by atoms with van der Waals surface area (Å²) in [5.74, 6) is 0.341. The van der Waals surface area contributed by atoms with Gasteiger partial charge in [-0.3, -0.25) is 19.7 Å². The number of amides is 1. The Morgan fingerprint density at radius 1 is 1.17 bits per heavy atom. The molecule has 1 heterocycles. The number of rotatable bonds is 6. The van der Waals surface area contributed by atoms with Crippen molar-refractivity contribution in [3.8, 4) is 11.3 Å². The Hall–Kier alpha value is -3.46. The lowest BCUT2D eigenvalue weighted by molar-refractivity contribution is -0.384. The van der Waals surface area contributed by atoms with E-state index in [1.165, 1.54) is 30.0 Å². The zero-order valence-corrected chi connectivity index (χ0v) is 16.5. The van der Waals surface area contributed by atoms with Gasteiger partial charge in [0.25, 0.3) is 11.2 Å². The zero-order chi connectivity index (χ0) is 21.0. The summed E-state index contributed by atoms with van der Waals surface area (Å²) < 4.78 is 0. The van der Waals surface area contributed by atoms with Gasteiger partial charge in [0.15, 0.2) is 0 Å². The predicted octanol–water partition coefficient (Wildman–Crippen LogP) is 3.77. The lowest BCUT2D eigenvalue weighted by atomic mass is 10.1. The number of aromatic nitrogens is 2. The van der Waals surface area contributed by atoms with Crippen molar-refractivity contribution in [2.45, 2.75) is 24.0 Å². The van der Waals surface area contributed by atoms with Crippen molar-refractivity contribution in [1.82, 2.24) is 9.97 Å². The molecule has 0 fully saturated rings. The standard InChI is InChI=1S/C20H18N4O4S/c1-12(29-17-9-7-16(8-10-17)24(27)28)20(26)23-15-5-3-14(4-6-15)18-11-19(25)22-13(2)21-18/h3-12H,1-2H3,(H,23,26)(H,21,22,25). The van der Waals surface area contributed by atoms with Gasteiger partial charge < -0.3 is 10.3 Å². The number of hydrogen-bond acceptors (Lipinski definition) is 6. The molecule has 1 aromatic heterocycles. The molecule has 8 nitrogen and oxygen atoms in total. The van der Waals surface area contributed by atoms with Gasteiger partial charge in [-0.05, 0) is 38.1 Å². The number of H-pyrrole nitrogens is 1. The summed E-state index contributed by atoms with van der Waals surface area (Å²) in [6, 6.07) is 14.5. The van der Waals surface area contributed by atoms with E-state index in [-0.39, 0.29) is 17.2 Å². The molecule has 0 saturated carbocycles. The second kappa shape index (κ2) is 8.70. The molecule has 0 saturated heterocycles. The number of nitrogens with zero attached hydrogens (tertiary/aromatic N) is 2. The monoisotopic (exact) mass is 410 g/mol. The van der Waals surface area contributed by atoms with Gasteiger partial charge in [-0.1, -0.05) is 12.1 Å². The van der Waals surface area contributed by atoms with Gasteiger partial charge in [0.1, 0.15) is 5.82 Å². The quantitative estimate of drug-likeness (QED) is 0.363. The number of benzene rings is 2. The summed E-state index contributed by atoms with van der Waals surface area (Å²) in [5, 5.41) is 13.1. The van der Waals surface area contributed by atoms with Crippen LogP contribution in [-0.2, 0) is 4.79 Å². The fraction of sp³-hybridized carbons (Fsp3) is 0.150. The van der Waals surface area contributed by atoms with E-state index < -0.39 is 10.2 Å². The molecule has 1 atom stereocenters. The van der Waals surface area contributed by atoms with Crippen LogP contribution >= 0.6 is 11.8 Å². The Kier molecular flexibility index (Phi) is 6.08. The minimum Gasteiger partial charge on any atom is -0.325 e. The summed E-state index contributed by atoms with van der Waals surface area (Å²) in [5.41, 5.74) is 1.74. The van der Waals surface area contributed by atoms with E-state index in [9.17, 15) is 19.7 Å². The van der Waals surface area contributed by atoms with Crippen LogP contribution in [0, 0.1) is 17.0 Å². The topological polar surface area (TPSA) is 118 Å². The van der Waals surface area contributed by atoms with E-state index in [2.05, 4.69) is 15.3 Å². The van der Waals surface area contributed by atoms with Gasteiger partial charge in [0.05, 0.1) is 15.9 Å². The molecule has 3 aromatic rings. The van der Waals surface area contributed by atoms with Crippen LogP contribution in [-0.4, -0.2) is 26.0 Å². The second-order valence-electron chi connectivity index (χ2n) is 6.29. The minimum absolute atomic E-state index is 0.0108. The highest BCUT2D eigenvalue weighted by molar-refractivity contribution is 8.00. The van der Waals surface area contributed by atoms with Gasteiger partial charge in [-0.2, -0.15) is 0 Å². The van der Waals surface area contributed by atoms with E-state index in [1.807, 2.05) is 0 Å². The molecule has 0 aliphatic carbocycles. The van der Waals surface area contributed by atoms with Crippen molar-refractivity contribution in [3.63, 3.8) is 0 Å². The number of aromatic amines is 1. The third-order valence-electron chi connectivity index (χ3n) is 4.04. The van der Waals surface area contributed by atoms with Crippen molar-refractivity contribution in [3.05, 3.63) is 80.9 Å². The highest BCUT2D eigenvalue weighted by Gasteiger charge is 2.15. The van der Waals surface area contributed by atoms with Crippen LogP contribution in [0.25, 0.3) is 11.3 Å². The van der Waals surface area contributed by atoms with E-state index in [0.29, 0.717) is 17.2 Å². The molecule has 29 heavy (non-hydrogen) atoms. The molecule has 2 N–H and O–H groups in total. The van der Waals surface area contributed by atoms with Gasteiger partial charge in [-0.15, -0.1) is 11.8 Å². The normalized spacial score (nSPS) is 11.7. The molecule has 1 unspecified atom stereocenters. The first-order valence-electron chi connectivity index (χ1n) is 8.72. The highest BCUT2D eigenvalue weighted by Crippen LogP contribution is 2.26. The average molecular weight is 410 g/mol.